The predicted octanol–water partition coefficient (Wildman–Crippen LogP) is 1.07. The first-order valence-electron chi connectivity index (χ1n) is 3.27. The SMILES string of the molecule is O=Cn1nc(I)c2ncccc21. The predicted molar refractivity (Wildman–Crippen MR) is 52.4 cm³/mol. The van der Waals surface area contributed by atoms with Gasteiger partial charge in [-0.25, -0.2) is 0 Å². The number of hydrogen-bond acceptors (Lipinski definition) is 3. The van der Waals surface area contributed by atoms with Crippen LogP contribution in [0, 0.1) is 3.70 Å². The van der Waals surface area contributed by atoms with Crippen molar-refractivity contribution in [2.75, 3.05) is 0 Å². The highest BCUT2D eigenvalue weighted by molar-refractivity contribution is 14.1. The van der Waals surface area contributed by atoms with Crippen LogP contribution in [-0.4, -0.2) is 21.2 Å². The molecule has 0 bridgehead atoms. The van der Waals surface area contributed by atoms with E-state index in [4.69, 9.17) is 0 Å². The van der Waals surface area contributed by atoms with Crippen LogP contribution in [0.3, 0.4) is 0 Å². The van der Waals surface area contributed by atoms with E-state index >= 15 is 0 Å². The van der Waals surface area contributed by atoms with Crippen LogP contribution >= 0.6 is 22.6 Å². The molecule has 5 heteroatoms. The molecule has 2 aromatic heterocycles. The lowest BCUT2D eigenvalue weighted by atomic mass is 10.4. The summed E-state index contributed by atoms with van der Waals surface area (Å²) in [5.74, 6) is 0. The lowest BCUT2D eigenvalue weighted by Gasteiger charge is -1.88. The van der Waals surface area contributed by atoms with E-state index in [0.29, 0.717) is 6.41 Å². The second-order valence-corrected chi connectivity index (χ2v) is 3.23. The fourth-order valence-electron chi connectivity index (χ4n) is 1.02. The van der Waals surface area contributed by atoms with Gasteiger partial charge in [-0.2, -0.15) is 9.78 Å². The third kappa shape index (κ3) is 1.01. The van der Waals surface area contributed by atoms with Gasteiger partial charge in [0.15, 0.2) is 0 Å². The fourth-order valence-corrected chi connectivity index (χ4v) is 1.66. The standard InChI is InChI=1S/C7H4IN3O/c8-7-6-5(2-1-3-9-6)11(4-12)10-7/h1-4H. The van der Waals surface area contributed by atoms with Crippen molar-refractivity contribution in [3.8, 4) is 0 Å². The molecule has 0 saturated carbocycles. The van der Waals surface area contributed by atoms with Crippen molar-refractivity contribution in [2.24, 2.45) is 0 Å². The maximum absolute atomic E-state index is 10.5. The molecule has 0 amide bonds. The van der Waals surface area contributed by atoms with Gasteiger partial charge in [-0.1, -0.05) is 0 Å². The van der Waals surface area contributed by atoms with E-state index in [1.807, 2.05) is 28.7 Å². The number of halogens is 1. The van der Waals surface area contributed by atoms with Crippen molar-refractivity contribution in [2.45, 2.75) is 0 Å². The molecule has 2 rings (SSSR count). The molecule has 2 heterocycles. The number of pyridine rings is 1. The quantitative estimate of drug-likeness (QED) is 0.577. The highest BCUT2D eigenvalue weighted by Crippen LogP contribution is 2.15. The Morgan fingerprint density at radius 1 is 1.58 bits per heavy atom. The zero-order chi connectivity index (χ0) is 8.55. The minimum atomic E-state index is 0.673. The Morgan fingerprint density at radius 3 is 3.17 bits per heavy atom. The Kier molecular flexibility index (Phi) is 1.80. The molecule has 0 aromatic carbocycles. The van der Waals surface area contributed by atoms with Gasteiger partial charge in [-0.05, 0) is 34.7 Å². The molecular formula is C7H4IN3O. The number of fused-ring (bicyclic) bond motifs is 1. The number of rotatable bonds is 1. The van der Waals surface area contributed by atoms with Gasteiger partial charge >= 0.3 is 0 Å². The second kappa shape index (κ2) is 2.81. The van der Waals surface area contributed by atoms with Crippen molar-refractivity contribution in [1.29, 1.82) is 0 Å². The second-order valence-electron chi connectivity index (χ2n) is 2.21. The normalized spacial score (nSPS) is 10.4. The van der Waals surface area contributed by atoms with Crippen LogP contribution < -0.4 is 0 Å². The first-order valence-corrected chi connectivity index (χ1v) is 4.35. The van der Waals surface area contributed by atoms with Crippen LogP contribution in [0.2, 0.25) is 0 Å². The summed E-state index contributed by atoms with van der Waals surface area (Å²) in [5, 5.41) is 3.98. The summed E-state index contributed by atoms with van der Waals surface area (Å²) < 4.78 is 2.03. The molecule has 0 radical (unpaired) electrons. The van der Waals surface area contributed by atoms with Gasteiger partial charge in [-0.15, -0.1) is 0 Å². The van der Waals surface area contributed by atoms with E-state index in [0.717, 1.165) is 14.7 Å². The van der Waals surface area contributed by atoms with Gasteiger partial charge in [0.05, 0.1) is 5.52 Å². The van der Waals surface area contributed by atoms with Crippen LogP contribution in [0.25, 0.3) is 11.0 Å². The van der Waals surface area contributed by atoms with Crippen molar-refractivity contribution in [3.05, 3.63) is 22.0 Å². The monoisotopic (exact) mass is 273 g/mol. The molecule has 0 aliphatic heterocycles. The number of aromatic nitrogens is 3. The molecule has 4 nitrogen and oxygen atoms in total. The molecule has 0 saturated heterocycles. The smallest absolute Gasteiger partial charge is 0.234 e. The molecule has 0 fully saturated rings. The highest BCUT2D eigenvalue weighted by atomic mass is 127. The van der Waals surface area contributed by atoms with E-state index in [-0.39, 0.29) is 0 Å². The van der Waals surface area contributed by atoms with Crippen LogP contribution in [0.5, 0.6) is 0 Å². The Morgan fingerprint density at radius 2 is 2.42 bits per heavy atom. The van der Waals surface area contributed by atoms with Gasteiger partial charge in [-0.3, -0.25) is 9.78 Å². The molecule has 0 spiro atoms. The van der Waals surface area contributed by atoms with Crippen LogP contribution in [0.4, 0.5) is 0 Å². The number of nitrogens with zero attached hydrogens (tertiary/aromatic N) is 3. The Balaban J connectivity index is 2.91. The average Bonchev–Trinajstić information content (AvgIpc) is 2.44. The molecule has 0 aliphatic carbocycles. The van der Waals surface area contributed by atoms with Crippen molar-refractivity contribution in [3.63, 3.8) is 0 Å². The van der Waals surface area contributed by atoms with Crippen molar-refractivity contribution in [1.82, 2.24) is 14.8 Å². The molecule has 0 atom stereocenters. The third-order valence-corrected chi connectivity index (χ3v) is 2.25. The van der Waals surface area contributed by atoms with E-state index in [1.165, 1.54) is 4.68 Å². The van der Waals surface area contributed by atoms with E-state index < -0.39 is 0 Å². The molecule has 0 aliphatic rings. The molecule has 2 aromatic rings. The first kappa shape index (κ1) is 7.66. The van der Waals surface area contributed by atoms with Crippen molar-refractivity contribution >= 4 is 40.0 Å². The van der Waals surface area contributed by atoms with E-state index in [1.54, 1.807) is 12.3 Å². The van der Waals surface area contributed by atoms with Gasteiger partial charge in [0.1, 0.15) is 9.22 Å². The summed E-state index contributed by atoms with van der Waals surface area (Å²) in [5.41, 5.74) is 1.52. The fraction of sp³-hybridized carbons (Fsp3) is 0. The van der Waals surface area contributed by atoms with Gasteiger partial charge in [0.25, 0.3) is 0 Å². The number of carbonyl (C=O) groups is 1. The van der Waals surface area contributed by atoms with Crippen LogP contribution in [0.15, 0.2) is 18.3 Å². The molecule has 0 N–H and O–H groups in total. The van der Waals surface area contributed by atoms with Crippen LogP contribution in [-0.2, 0) is 4.79 Å². The van der Waals surface area contributed by atoms with Crippen molar-refractivity contribution < 1.29 is 4.79 Å². The Bertz CT molecular complexity index is 437. The maximum atomic E-state index is 10.5. The minimum absolute atomic E-state index is 0.673. The van der Waals surface area contributed by atoms with E-state index in [9.17, 15) is 4.79 Å². The third-order valence-electron chi connectivity index (χ3n) is 1.52. The largest absolute Gasteiger partial charge is 0.276 e. The Hall–Kier alpha value is -0.980. The average molecular weight is 273 g/mol. The number of hydrogen-bond donors (Lipinski definition) is 0. The topological polar surface area (TPSA) is 47.8 Å². The summed E-state index contributed by atoms with van der Waals surface area (Å²) in [6.07, 6.45) is 2.35. The molecule has 0 unspecified atom stereocenters. The summed E-state index contributed by atoms with van der Waals surface area (Å²) >= 11 is 2.05. The number of carbonyl (C=O) groups excluding carboxylic acids is 1. The highest BCUT2D eigenvalue weighted by Gasteiger charge is 2.06. The molecule has 60 valence electrons. The maximum Gasteiger partial charge on any atom is 0.234 e. The van der Waals surface area contributed by atoms with Crippen LogP contribution in [0.1, 0.15) is 0 Å². The Labute approximate surface area is 81.7 Å². The summed E-state index contributed by atoms with van der Waals surface area (Å²) in [6.45, 7) is 0. The summed E-state index contributed by atoms with van der Waals surface area (Å²) in [6, 6.07) is 3.59. The lowest BCUT2D eigenvalue weighted by Crippen LogP contribution is -1.95. The van der Waals surface area contributed by atoms with Gasteiger partial charge in [0.2, 0.25) is 6.41 Å². The zero-order valence-electron chi connectivity index (χ0n) is 5.94. The molecular weight excluding hydrogens is 269 g/mol. The first-order chi connectivity index (χ1) is 5.83. The molecule has 12 heavy (non-hydrogen) atoms. The summed E-state index contributed by atoms with van der Waals surface area (Å²) in [7, 11) is 0. The van der Waals surface area contributed by atoms with E-state index in [2.05, 4.69) is 10.1 Å². The minimum Gasteiger partial charge on any atom is -0.276 e. The lowest BCUT2D eigenvalue weighted by molar-refractivity contribution is 0.542. The zero-order valence-corrected chi connectivity index (χ0v) is 8.09. The van der Waals surface area contributed by atoms with Gasteiger partial charge < -0.3 is 0 Å². The summed E-state index contributed by atoms with van der Waals surface area (Å²) in [4.78, 5) is 14.6. The van der Waals surface area contributed by atoms with Gasteiger partial charge in [0, 0.05) is 6.20 Å².